The Bertz CT molecular complexity index is 435. The highest BCUT2D eigenvalue weighted by Gasteiger charge is 2.29. The van der Waals surface area contributed by atoms with Gasteiger partial charge in [0.2, 0.25) is 0 Å². The van der Waals surface area contributed by atoms with Crippen LogP contribution in [-0.4, -0.2) is 44.8 Å². The van der Waals surface area contributed by atoms with Gasteiger partial charge in [-0.1, -0.05) is 25.7 Å². The SMILES string of the molecule is CC(C)(Cl)C(=O)OC1CCCCC1.CC(C)(N)C(=O)O.N.OC1CCCCC1. The minimum Gasteiger partial charge on any atom is -0.480 e. The van der Waals surface area contributed by atoms with Crippen LogP contribution in [0.25, 0.3) is 0 Å². The summed E-state index contributed by atoms with van der Waals surface area (Å²) in [7, 11) is 0. The quantitative estimate of drug-likeness (QED) is 0.393. The fourth-order valence-corrected chi connectivity index (χ4v) is 2.60. The summed E-state index contributed by atoms with van der Waals surface area (Å²) in [5.41, 5.74) is 4.00. The molecule has 2 rings (SSSR count). The highest BCUT2D eigenvalue weighted by atomic mass is 35.5. The molecule has 0 atom stereocenters. The van der Waals surface area contributed by atoms with Gasteiger partial charge in [-0.15, -0.1) is 11.6 Å². The molecule has 2 fully saturated rings. The number of aliphatic hydroxyl groups is 1. The number of carboxylic acid groups (broad SMARTS) is 1. The largest absolute Gasteiger partial charge is 0.480 e. The molecule has 0 aromatic heterocycles. The third-order valence-electron chi connectivity index (χ3n) is 4.44. The van der Waals surface area contributed by atoms with Crippen molar-refractivity contribution < 1.29 is 24.5 Å². The van der Waals surface area contributed by atoms with Crippen molar-refractivity contribution in [3.8, 4) is 0 Å². The van der Waals surface area contributed by atoms with Crippen LogP contribution in [0.1, 0.15) is 91.9 Å². The Morgan fingerprint density at radius 2 is 1.29 bits per heavy atom. The van der Waals surface area contributed by atoms with E-state index in [1.165, 1.54) is 52.4 Å². The minimum absolute atomic E-state index is 0. The Morgan fingerprint density at radius 3 is 1.54 bits per heavy atom. The van der Waals surface area contributed by atoms with E-state index in [1.54, 1.807) is 13.8 Å². The van der Waals surface area contributed by atoms with E-state index in [9.17, 15) is 9.59 Å². The number of aliphatic carboxylic acids is 1. The van der Waals surface area contributed by atoms with Gasteiger partial charge in [0, 0.05) is 0 Å². The van der Waals surface area contributed by atoms with Crippen LogP contribution in [0.4, 0.5) is 0 Å². The lowest BCUT2D eigenvalue weighted by Gasteiger charge is -2.24. The van der Waals surface area contributed by atoms with E-state index in [-0.39, 0.29) is 24.3 Å². The molecular formula is C20H41ClN2O5. The number of rotatable bonds is 3. The monoisotopic (exact) mass is 424 g/mol. The van der Waals surface area contributed by atoms with Crippen molar-refractivity contribution in [3.05, 3.63) is 0 Å². The number of esters is 1. The van der Waals surface area contributed by atoms with Crippen LogP contribution in [0.2, 0.25) is 0 Å². The van der Waals surface area contributed by atoms with E-state index in [0.29, 0.717) is 0 Å². The van der Waals surface area contributed by atoms with E-state index in [0.717, 1.165) is 25.7 Å². The number of alkyl halides is 1. The molecule has 0 unspecified atom stereocenters. The number of halogens is 1. The predicted molar refractivity (Wildman–Crippen MR) is 113 cm³/mol. The van der Waals surface area contributed by atoms with Gasteiger partial charge in [0.1, 0.15) is 16.5 Å². The zero-order valence-electron chi connectivity index (χ0n) is 18.0. The summed E-state index contributed by atoms with van der Waals surface area (Å²) in [5.74, 6) is -1.27. The van der Waals surface area contributed by atoms with E-state index in [2.05, 4.69) is 0 Å². The zero-order chi connectivity index (χ0) is 21.1. The number of carbonyl (C=O) groups is 2. The zero-order valence-corrected chi connectivity index (χ0v) is 18.8. The van der Waals surface area contributed by atoms with Crippen LogP contribution in [0.5, 0.6) is 0 Å². The minimum atomic E-state index is -1.08. The number of hydrogen-bond acceptors (Lipinski definition) is 6. The summed E-state index contributed by atoms with van der Waals surface area (Å²) < 4.78 is 5.28. The third-order valence-corrected chi connectivity index (χ3v) is 4.59. The first-order valence-electron chi connectivity index (χ1n) is 9.94. The van der Waals surface area contributed by atoms with Gasteiger partial charge in [-0.3, -0.25) is 9.59 Å². The average molecular weight is 425 g/mol. The second kappa shape index (κ2) is 14.1. The maximum absolute atomic E-state index is 11.4. The number of hydrogen-bond donors (Lipinski definition) is 4. The summed E-state index contributed by atoms with van der Waals surface area (Å²) in [6.45, 7) is 6.21. The molecule has 0 radical (unpaired) electrons. The van der Waals surface area contributed by atoms with Crippen molar-refractivity contribution in [1.82, 2.24) is 6.15 Å². The highest BCUT2D eigenvalue weighted by molar-refractivity contribution is 6.33. The summed E-state index contributed by atoms with van der Waals surface area (Å²) in [5, 5.41) is 17.0. The molecule has 0 aliphatic heterocycles. The number of ether oxygens (including phenoxy) is 1. The first-order valence-corrected chi connectivity index (χ1v) is 10.3. The molecule has 28 heavy (non-hydrogen) atoms. The normalized spacial score (nSPS) is 18.4. The van der Waals surface area contributed by atoms with Gasteiger partial charge in [0.05, 0.1) is 6.10 Å². The fraction of sp³-hybridized carbons (Fsp3) is 0.900. The molecule has 0 saturated heterocycles. The van der Waals surface area contributed by atoms with E-state index in [4.69, 9.17) is 32.3 Å². The smallest absolute Gasteiger partial charge is 0.326 e. The molecule has 168 valence electrons. The molecule has 7 nitrogen and oxygen atoms in total. The van der Waals surface area contributed by atoms with Gasteiger partial charge in [-0.25, -0.2) is 0 Å². The van der Waals surface area contributed by atoms with Crippen molar-refractivity contribution >= 4 is 23.5 Å². The van der Waals surface area contributed by atoms with E-state index < -0.39 is 16.4 Å². The Kier molecular flexibility index (Phi) is 14.8. The molecule has 0 spiro atoms. The van der Waals surface area contributed by atoms with Crippen LogP contribution in [0, 0.1) is 0 Å². The molecule has 0 aromatic rings. The van der Waals surface area contributed by atoms with E-state index in [1.807, 2.05) is 0 Å². The Balaban J connectivity index is 0. The topological polar surface area (TPSA) is 145 Å². The predicted octanol–water partition coefficient (Wildman–Crippen LogP) is 4.16. The number of aliphatic hydroxyl groups excluding tert-OH is 1. The summed E-state index contributed by atoms with van der Waals surface area (Å²) in [6.07, 6.45) is 11.6. The van der Waals surface area contributed by atoms with Crippen LogP contribution in [0.3, 0.4) is 0 Å². The van der Waals surface area contributed by atoms with Crippen molar-refractivity contribution in [2.45, 2.75) is 115 Å². The lowest BCUT2D eigenvalue weighted by molar-refractivity contribution is -0.152. The molecule has 0 aromatic carbocycles. The lowest BCUT2D eigenvalue weighted by Crippen LogP contribution is -2.41. The van der Waals surface area contributed by atoms with Crippen molar-refractivity contribution in [2.75, 3.05) is 0 Å². The first-order chi connectivity index (χ1) is 12.3. The lowest BCUT2D eigenvalue weighted by atomic mass is 9.98. The molecule has 0 bridgehead atoms. The number of nitrogens with two attached hydrogens (primary N) is 1. The third kappa shape index (κ3) is 15.1. The van der Waals surface area contributed by atoms with Crippen LogP contribution < -0.4 is 11.9 Å². The summed E-state index contributed by atoms with van der Waals surface area (Å²) in [4.78, 5) is 20.4. The Labute approximate surface area is 174 Å². The molecule has 8 heteroatoms. The molecule has 7 N–H and O–H groups in total. The maximum Gasteiger partial charge on any atom is 0.326 e. The van der Waals surface area contributed by atoms with Gasteiger partial charge in [-0.05, 0) is 66.2 Å². The Morgan fingerprint density at radius 1 is 0.929 bits per heavy atom. The maximum atomic E-state index is 11.4. The van der Waals surface area contributed by atoms with Gasteiger partial charge in [0.15, 0.2) is 0 Å². The van der Waals surface area contributed by atoms with Crippen molar-refractivity contribution in [3.63, 3.8) is 0 Å². The number of carbonyl (C=O) groups excluding carboxylic acids is 1. The average Bonchev–Trinajstić information content (AvgIpc) is 2.56. The summed E-state index contributed by atoms with van der Waals surface area (Å²) >= 11 is 5.83. The van der Waals surface area contributed by atoms with Gasteiger partial charge < -0.3 is 26.8 Å². The van der Waals surface area contributed by atoms with Crippen LogP contribution in [-0.2, 0) is 14.3 Å². The molecule has 2 saturated carbocycles. The second-order valence-electron chi connectivity index (χ2n) is 8.46. The fourth-order valence-electron chi connectivity index (χ4n) is 2.56. The molecular weight excluding hydrogens is 384 g/mol. The first kappa shape index (κ1) is 29.3. The molecule has 0 heterocycles. The van der Waals surface area contributed by atoms with Crippen LogP contribution in [0.15, 0.2) is 0 Å². The van der Waals surface area contributed by atoms with Gasteiger partial charge in [0.25, 0.3) is 0 Å². The highest BCUT2D eigenvalue weighted by Crippen LogP contribution is 2.23. The summed E-state index contributed by atoms with van der Waals surface area (Å²) in [6, 6.07) is 0. The number of carboxylic acids is 1. The van der Waals surface area contributed by atoms with Crippen molar-refractivity contribution in [1.29, 1.82) is 0 Å². The molecule has 2 aliphatic carbocycles. The standard InChI is InChI=1S/C10H17ClO2.C6H12O.C4H9NO2.H3N/c1-10(2,11)9(12)13-8-6-4-3-5-7-8;7-6-4-2-1-3-5-6;1-4(2,5)3(6)7;/h8H,3-7H2,1-2H3;6-7H,1-5H2;5H2,1-2H3,(H,6,7);1H3. The molecule has 2 aliphatic rings. The van der Waals surface area contributed by atoms with Crippen LogP contribution >= 0.6 is 11.6 Å². The Hall–Kier alpha value is -0.890. The molecule has 0 amide bonds. The van der Waals surface area contributed by atoms with Gasteiger partial charge >= 0.3 is 11.9 Å². The van der Waals surface area contributed by atoms with Crippen molar-refractivity contribution in [2.24, 2.45) is 5.73 Å². The second-order valence-corrected chi connectivity index (χ2v) is 9.40. The van der Waals surface area contributed by atoms with Gasteiger partial charge in [-0.2, -0.15) is 0 Å². The van der Waals surface area contributed by atoms with E-state index >= 15 is 0 Å².